The van der Waals surface area contributed by atoms with Crippen LogP contribution in [-0.2, 0) is 5.60 Å². The second-order valence-electron chi connectivity index (χ2n) is 7.48. The maximum absolute atomic E-state index is 11.0. The minimum atomic E-state index is -0.790. The van der Waals surface area contributed by atoms with Gasteiger partial charge in [0.05, 0.1) is 5.60 Å². The van der Waals surface area contributed by atoms with Crippen molar-refractivity contribution in [3.8, 4) is 11.1 Å². The van der Waals surface area contributed by atoms with Gasteiger partial charge in [0.1, 0.15) is 0 Å². The lowest BCUT2D eigenvalue weighted by molar-refractivity contribution is 0.0362. The molecule has 0 spiro atoms. The summed E-state index contributed by atoms with van der Waals surface area (Å²) in [5.41, 5.74) is 2.51. The zero-order valence-electron chi connectivity index (χ0n) is 15.3. The monoisotopic (exact) mass is 479 g/mol. The third kappa shape index (κ3) is 5.19. The predicted octanol–water partition coefficient (Wildman–Crippen LogP) is 6.35. The molecule has 2 aromatic carbocycles. The molecule has 0 saturated carbocycles. The Kier molecular flexibility index (Phi) is 6.95. The van der Waals surface area contributed by atoms with E-state index < -0.39 is 5.60 Å². The van der Waals surface area contributed by atoms with Crippen LogP contribution in [0.1, 0.15) is 44.6 Å². The normalized spacial score (nSPS) is 18.3. The van der Waals surface area contributed by atoms with E-state index >= 15 is 0 Å². The third-order valence-electron chi connectivity index (χ3n) is 5.36. The first-order valence-electron chi connectivity index (χ1n) is 9.46. The lowest BCUT2D eigenvalue weighted by Crippen LogP contribution is -2.32. The highest BCUT2D eigenvalue weighted by molar-refractivity contribution is 9.11. The van der Waals surface area contributed by atoms with E-state index in [0.29, 0.717) is 0 Å². The van der Waals surface area contributed by atoms with E-state index in [4.69, 9.17) is 0 Å². The first-order valence-corrected chi connectivity index (χ1v) is 11.0. The molecule has 26 heavy (non-hydrogen) atoms. The molecule has 1 N–H and O–H groups in total. The number of benzene rings is 2. The summed E-state index contributed by atoms with van der Waals surface area (Å²) in [6.07, 6.45) is 6.05. The average molecular weight is 481 g/mol. The van der Waals surface area contributed by atoms with Crippen LogP contribution in [0.25, 0.3) is 11.1 Å². The fraction of sp³-hybridized carbons (Fsp3) is 0.455. The molecule has 0 aliphatic carbocycles. The Balaban J connectivity index is 1.68. The summed E-state index contributed by atoms with van der Waals surface area (Å²) in [5.74, 6) is 0. The number of rotatable bonds is 5. The van der Waals surface area contributed by atoms with Gasteiger partial charge in [0.25, 0.3) is 0 Å². The maximum atomic E-state index is 11.0. The van der Waals surface area contributed by atoms with Crippen LogP contribution < -0.4 is 0 Å². The number of hydrogen-bond donors (Lipinski definition) is 1. The van der Waals surface area contributed by atoms with Crippen LogP contribution in [0.2, 0.25) is 0 Å². The van der Waals surface area contributed by atoms with Crippen molar-refractivity contribution in [2.75, 3.05) is 19.6 Å². The second kappa shape index (κ2) is 9.01. The SMILES string of the molecule is CC(O)(CCN1CCCCCC1)c1ccc(-c2ccc(Br)cc2Br)cc1. The van der Waals surface area contributed by atoms with Crippen molar-refractivity contribution >= 4 is 31.9 Å². The van der Waals surface area contributed by atoms with Crippen LogP contribution in [-0.4, -0.2) is 29.6 Å². The van der Waals surface area contributed by atoms with Gasteiger partial charge >= 0.3 is 0 Å². The van der Waals surface area contributed by atoms with Crippen molar-refractivity contribution < 1.29 is 5.11 Å². The highest BCUT2D eigenvalue weighted by Crippen LogP contribution is 2.33. The summed E-state index contributed by atoms with van der Waals surface area (Å²) in [5, 5.41) is 11.0. The van der Waals surface area contributed by atoms with E-state index in [-0.39, 0.29) is 0 Å². The van der Waals surface area contributed by atoms with Crippen molar-refractivity contribution in [3.05, 3.63) is 57.0 Å². The largest absolute Gasteiger partial charge is 0.385 e. The van der Waals surface area contributed by atoms with Gasteiger partial charge in [0, 0.05) is 15.5 Å². The Morgan fingerprint density at radius 3 is 2.23 bits per heavy atom. The van der Waals surface area contributed by atoms with Crippen LogP contribution in [0.5, 0.6) is 0 Å². The highest BCUT2D eigenvalue weighted by Gasteiger charge is 2.24. The molecule has 1 heterocycles. The molecule has 0 radical (unpaired) electrons. The van der Waals surface area contributed by atoms with Gasteiger partial charge in [-0.1, -0.05) is 75.0 Å². The number of halogens is 2. The minimum Gasteiger partial charge on any atom is -0.385 e. The molecule has 0 bridgehead atoms. The molecule has 1 aliphatic rings. The molecule has 4 heteroatoms. The van der Waals surface area contributed by atoms with E-state index in [0.717, 1.165) is 38.6 Å². The van der Waals surface area contributed by atoms with Gasteiger partial charge in [-0.3, -0.25) is 0 Å². The van der Waals surface area contributed by atoms with Crippen molar-refractivity contribution in [2.45, 2.75) is 44.6 Å². The van der Waals surface area contributed by atoms with Gasteiger partial charge in [0.2, 0.25) is 0 Å². The third-order valence-corrected chi connectivity index (χ3v) is 6.51. The van der Waals surface area contributed by atoms with Gasteiger partial charge < -0.3 is 10.0 Å². The van der Waals surface area contributed by atoms with Crippen LogP contribution in [0.4, 0.5) is 0 Å². The van der Waals surface area contributed by atoms with E-state index in [1.165, 1.54) is 38.8 Å². The van der Waals surface area contributed by atoms with E-state index in [1.54, 1.807) is 0 Å². The number of nitrogens with zero attached hydrogens (tertiary/aromatic N) is 1. The van der Waals surface area contributed by atoms with E-state index in [1.807, 2.05) is 13.0 Å². The van der Waals surface area contributed by atoms with Gasteiger partial charge in [0.15, 0.2) is 0 Å². The fourth-order valence-corrected chi connectivity index (χ4v) is 4.89. The van der Waals surface area contributed by atoms with Gasteiger partial charge in [-0.2, -0.15) is 0 Å². The van der Waals surface area contributed by atoms with Crippen molar-refractivity contribution in [2.24, 2.45) is 0 Å². The molecule has 2 nitrogen and oxygen atoms in total. The van der Waals surface area contributed by atoms with Crippen molar-refractivity contribution in [1.82, 2.24) is 4.90 Å². The fourth-order valence-electron chi connectivity index (χ4n) is 3.61. The van der Waals surface area contributed by atoms with E-state index in [9.17, 15) is 5.11 Å². The molecule has 0 aromatic heterocycles. The summed E-state index contributed by atoms with van der Waals surface area (Å²) >= 11 is 7.13. The molecule has 3 rings (SSSR count). The zero-order chi connectivity index (χ0) is 18.6. The lowest BCUT2D eigenvalue weighted by atomic mass is 9.90. The number of hydrogen-bond acceptors (Lipinski definition) is 2. The van der Waals surface area contributed by atoms with Crippen LogP contribution >= 0.6 is 31.9 Å². The predicted molar refractivity (Wildman–Crippen MR) is 116 cm³/mol. The topological polar surface area (TPSA) is 23.5 Å². The molecule has 1 atom stereocenters. The zero-order valence-corrected chi connectivity index (χ0v) is 18.5. The summed E-state index contributed by atoms with van der Waals surface area (Å²) in [6.45, 7) is 5.25. The highest BCUT2D eigenvalue weighted by atomic mass is 79.9. The average Bonchev–Trinajstić information content (AvgIpc) is 2.89. The summed E-state index contributed by atoms with van der Waals surface area (Å²) in [4.78, 5) is 2.51. The Labute approximate surface area is 173 Å². The molecule has 0 amide bonds. The summed E-state index contributed by atoms with van der Waals surface area (Å²) in [6, 6.07) is 14.5. The van der Waals surface area contributed by atoms with Crippen LogP contribution in [0.3, 0.4) is 0 Å². The van der Waals surface area contributed by atoms with Crippen LogP contribution in [0.15, 0.2) is 51.4 Å². The molecule has 1 fully saturated rings. The van der Waals surface area contributed by atoms with Gasteiger partial charge in [-0.15, -0.1) is 0 Å². The molecule has 2 aromatic rings. The van der Waals surface area contributed by atoms with Crippen LogP contribution in [0, 0.1) is 0 Å². The Morgan fingerprint density at radius 1 is 0.962 bits per heavy atom. The number of likely N-dealkylation sites (tertiary alicyclic amines) is 1. The Hall–Kier alpha value is -0.680. The quantitative estimate of drug-likeness (QED) is 0.538. The number of aliphatic hydroxyl groups is 1. The summed E-state index contributed by atoms with van der Waals surface area (Å²) in [7, 11) is 0. The molecular weight excluding hydrogens is 454 g/mol. The molecule has 140 valence electrons. The minimum absolute atomic E-state index is 0.772. The first kappa shape index (κ1) is 20.1. The standard InChI is InChI=1S/C22H27Br2NO/c1-22(26,12-15-25-13-4-2-3-5-14-25)18-8-6-17(7-9-18)20-11-10-19(23)16-21(20)24/h6-11,16,26H,2-5,12-15H2,1H3. The van der Waals surface area contributed by atoms with Gasteiger partial charge in [-0.25, -0.2) is 0 Å². The Bertz CT molecular complexity index is 719. The summed E-state index contributed by atoms with van der Waals surface area (Å²) < 4.78 is 2.12. The van der Waals surface area contributed by atoms with Gasteiger partial charge in [-0.05, 0) is 68.1 Å². The molecule has 1 unspecified atom stereocenters. The lowest BCUT2D eigenvalue weighted by Gasteiger charge is -2.28. The maximum Gasteiger partial charge on any atom is 0.0880 e. The molecule has 1 saturated heterocycles. The smallest absolute Gasteiger partial charge is 0.0880 e. The van der Waals surface area contributed by atoms with Crippen molar-refractivity contribution in [1.29, 1.82) is 0 Å². The molecule has 1 aliphatic heterocycles. The first-order chi connectivity index (χ1) is 12.5. The van der Waals surface area contributed by atoms with E-state index in [2.05, 4.69) is 73.2 Å². The second-order valence-corrected chi connectivity index (χ2v) is 9.25. The molecular formula is C22H27Br2NO. The van der Waals surface area contributed by atoms with Crippen molar-refractivity contribution in [3.63, 3.8) is 0 Å². The Morgan fingerprint density at radius 2 is 1.62 bits per heavy atom.